The van der Waals surface area contributed by atoms with Gasteiger partial charge in [-0.05, 0) is 38.5 Å². The lowest BCUT2D eigenvalue weighted by Crippen LogP contribution is -2.38. The van der Waals surface area contributed by atoms with E-state index in [4.69, 9.17) is 16.3 Å². The Morgan fingerprint density at radius 2 is 2.00 bits per heavy atom. The molecule has 1 unspecified atom stereocenters. The molecule has 0 fully saturated rings. The van der Waals surface area contributed by atoms with Crippen molar-refractivity contribution in [2.75, 3.05) is 6.61 Å². The van der Waals surface area contributed by atoms with E-state index in [1.165, 1.54) is 0 Å². The molecule has 0 radical (unpaired) electrons. The Labute approximate surface area is 129 Å². The number of ether oxygens (including phenoxy) is 1. The van der Waals surface area contributed by atoms with Gasteiger partial charge in [0.1, 0.15) is 6.23 Å². The number of halogens is 1. The summed E-state index contributed by atoms with van der Waals surface area (Å²) in [6.07, 6.45) is 5.37. The maximum atomic E-state index is 6.31. The highest BCUT2D eigenvalue weighted by molar-refractivity contribution is 6.30. The van der Waals surface area contributed by atoms with Crippen molar-refractivity contribution >= 4 is 17.8 Å². The molecule has 0 aliphatic carbocycles. The van der Waals surface area contributed by atoms with Crippen molar-refractivity contribution in [1.82, 2.24) is 5.32 Å². The molecule has 1 N–H and O–H groups in total. The highest BCUT2D eigenvalue weighted by Gasteiger charge is 2.16. The van der Waals surface area contributed by atoms with Gasteiger partial charge in [-0.2, -0.15) is 0 Å². The smallest absolute Gasteiger partial charge is 0.106 e. The molecule has 116 valence electrons. The lowest BCUT2D eigenvalue weighted by molar-refractivity contribution is -0.000660. The average molecular weight is 301 g/mol. The van der Waals surface area contributed by atoms with Crippen molar-refractivity contribution < 1.29 is 4.74 Å². The van der Waals surface area contributed by atoms with Crippen molar-refractivity contribution in [1.29, 1.82) is 0 Å². The summed E-state index contributed by atoms with van der Waals surface area (Å²) >= 11 is 6.31. The molecule has 3 nitrogen and oxygen atoms in total. The lowest BCUT2D eigenvalue weighted by atomic mass is 9.99. The summed E-state index contributed by atoms with van der Waals surface area (Å²) in [4.78, 5) is 4.25. The van der Waals surface area contributed by atoms with Crippen LogP contribution < -0.4 is 5.32 Å². The van der Waals surface area contributed by atoms with Gasteiger partial charge >= 0.3 is 0 Å². The SMILES string of the molecule is C=C[C@H](N[C@@H](C)OCC(C)(C)C)/C(Cl)=C\C(C)N=CC. The summed E-state index contributed by atoms with van der Waals surface area (Å²) in [5.41, 5.74) is 0.142. The summed E-state index contributed by atoms with van der Waals surface area (Å²) in [6, 6.07) is -0.0660. The van der Waals surface area contributed by atoms with Gasteiger partial charge in [-0.1, -0.05) is 38.4 Å². The van der Waals surface area contributed by atoms with Crippen molar-refractivity contribution in [2.24, 2.45) is 10.4 Å². The second-order valence-corrected chi connectivity index (χ2v) is 6.53. The summed E-state index contributed by atoms with van der Waals surface area (Å²) < 4.78 is 5.77. The standard InChI is InChI=1S/C16H29ClN2O/c1-8-15(14(17)10-12(3)18-9-2)19-13(4)20-11-16(5,6)7/h8-10,12-13,15,19H,1,11H2,2-7H3/b14-10+,18-9?/t12?,13-,15+/m1/s1. The Kier molecular flexibility index (Phi) is 9.03. The second-order valence-electron chi connectivity index (χ2n) is 6.09. The zero-order valence-corrected chi connectivity index (χ0v) is 14.4. The van der Waals surface area contributed by atoms with Gasteiger partial charge in [0.15, 0.2) is 0 Å². The molecule has 0 aromatic carbocycles. The molecule has 0 heterocycles. The zero-order valence-electron chi connectivity index (χ0n) is 13.6. The van der Waals surface area contributed by atoms with Crippen LogP contribution in [0.4, 0.5) is 0 Å². The molecule has 4 heteroatoms. The maximum Gasteiger partial charge on any atom is 0.106 e. The van der Waals surface area contributed by atoms with Crippen molar-refractivity contribution in [2.45, 2.75) is 59.9 Å². The van der Waals surface area contributed by atoms with Gasteiger partial charge in [-0.25, -0.2) is 0 Å². The number of hydrogen-bond donors (Lipinski definition) is 1. The lowest BCUT2D eigenvalue weighted by Gasteiger charge is -2.25. The Hall–Kier alpha value is -0.640. The van der Waals surface area contributed by atoms with Gasteiger partial charge < -0.3 is 4.74 Å². The molecular formula is C16H29ClN2O. The molecule has 0 saturated carbocycles. The van der Waals surface area contributed by atoms with Gasteiger partial charge in [-0.3, -0.25) is 10.3 Å². The van der Waals surface area contributed by atoms with Crippen LogP contribution in [-0.2, 0) is 4.74 Å². The maximum absolute atomic E-state index is 6.31. The third-order valence-electron chi connectivity index (χ3n) is 2.50. The molecule has 0 aliphatic rings. The summed E-state index contributed by atoms with van der Waals surface area (Å²) in [5.74, 6) is 0. The molecule has 0 aromatic heterocycles. The van der Waals surface area contributed by atoms with E-state index in [1.54, 1.807) is 12.3 Å². The molecule has 3 atom stereocenters. The number of hydrogen-bond acceptors (Lipinski definition) is 3. The predicted octanol–water partition coefficient (Wildman–Crippen LogP) is 4.14. The van der Waals surface area contributed by atoms with E-state index in [2.05, 4.69) is 37.7 Å². The van der Waals surface area contributed by atoms with Crippen LogP contribution in [-0.4, -0.2) is 31.1 Å². The number of aliphatic imine (C=N–C) groups is 1. The fraction of sp³-hybridized carbons (Fsp3) is 0.688. The monoisotopic (exact) mass is 300 g/mol. The first-order valence-corrected chi connectivity index (χ1v) is 7.42. The van der Waals surface area contributed by atoms with Crippen molar-refractivity contribution in [3.63, 3.8) is 0 Å². The minimum atomic E-state index is -0.124. The molecule has 20 heavy (non-hydrogen) atoms. The van der Waals surface area contributed by atoms with E-state index < -0.39 is 0 Å². The van der Waals surface area contributed by atoms with Crippen LogP contribution in [0.2, 0.25) is 0 Å². The third-order valence-corrected chi connectivity index (χ3v) is 2.86. The average Bonchev–Trinajstić information content (AvgIpc) is 2.32. The number of rotatable bonds is 8. The molecule has 0 rings (SSSR count). The van der Waals surface area contributed by atoms with E-state index >= 15 is 0 Å². The van der Waals surface area contributed by atoms with Crippen LogP contribution in [0.25, 0.3) is 0 Å². The van der Waals surface area contributed by atoms with Crippen LogP contribution in [0.15, 0.2) is 28.8 Å². The molecule has 0 amide bonds. The largest absolute Gasteiger partial charge is 0.363 e. The Balaban J connectivity index is 4.50. The van der Waals surface area contributed by atoms with Gasteiger partial charge in [0.05, 0.1) is 18.7 Å². The summed E-state index contributed by atoms with van der Waals surface area (Å²) in [5, 5.41) is 3.98. The minimum absolute atomic E-state index is 0.0579. The first kappa shape index (κ1) is 19.4. The first-order chi connectivity index (χ1) is 9.19. The minimum Gasteiger partial charge on any atom is -0.363 e. The van der Waals surface area contributed by atoms with E-state index in [0.29, 0.717) is 11.6 Å². The number of nitrogens with one attached hydrogen (secondary N) is 1. The normalized spacial score (nSPS) is 18.1. The van der Waals surface area contributed by atoms with Gasteiger partial charge in [0.2, 0.25) is 0 Å². The molecule has 0 aliphatic heterocycles. The molecular weight excluding hydrogens is 272 g/mol. The molecule has 0 aromatic rings. The topological polar surface area (TPSA) is 33.6 Å². The predicted molar refractivity (Wildman–Crippen MR) is 89.6 cm³/mol. The quantitative estimate of drug-likeness (QED) is 0.415. The Morgan fingerprint density at radius 1 is 1.40 bits per heavy atom. The van der Waals surface area contributed by atoms with Crippen molar-refractivity contribution in [3.05, 3.63) is 23.8 Å². The van der Waals surface area contributed by atoms with Gasteiger partial charge in [-0.15, -0.1) is 6.58 Å². The first-order valence-electron chi connectivity index (χ1n) is 7.04. The molecule has 0 bridgehead atoms. The van der Waals surface area contributed by atoms with E-state index in [9.17, 15) is 0 Å². The summed E-state index contributed by atoms with van der Waals surface area (Å²) in [7, 11) is 0. The number of nitrogens with zero attached hydrogens (tertiary/aromatic N) is 1. The summed E-state index contributed by atoms with van der Waals surface area (Å²) in [6.45, 7) is 16.8. The van der Waals surface area contributed by atoms with Crippen molar-refractivity contribution in [3.8, 4) is 0 Å². The van der Waals surface area contributed by atoms with E-state index in [1.807, 2.05) is 26.8 Å². The van der Waals surface area contributed by atoms with E-state index in [-0.39, 0.29) is 23.7 Å². The molecule has 0 saturated heterocycles. The van der Waals surface area contributed by atoms with Crippen LogP contribution >= 0.6 is 11.6 Å². The second kappa shape index (κ2) is 9.32. The highest BCUT2D eigenvalue weighted by Crippen LogP contribution is 2.15. The van der Waals surface area contributed by atoms with Gasteiger partial charge in [0, 0.05) is 5.03 Å². The highest BCUT2D eigenvalue weighted by atomic mass is 35.5. The fourth-order valence-corrected chi connectivity index (χ4v) is 1.88. The van der Waals surface area contributed by atoms with Gasteiger partial charge in [0.25, 0.3) is 0 Å². The van der Waals surface area contributed by atoms with Crippen LogP contribution in [0.3, 0.4) is 0 Å². The Bertz CT molecular complexity index is 345. The third kappa shape index (κ3) is 9.29. The van der Waals surface area contributed by atoms with Crippen LogP contribution in [0, 0.1) is 5.41 Å². The fourth-order valence-electron chi connectivity index (χ4n) is 1.55. The molecule has 0 spiro atoms. The van der Waals surface area contributed by atoms with E-state index in [0.717, 1.165) is 0 Å². The van der Waals surface area contributed by atoms with Crippen LogP contribution in [0.1, 0.15) is 41.5 Å². The zero-order chi connectivity index (χ0) is 15.8. The van der Waals surface area contributed by atoms with Crippen LogP contribution in [0.5, 0.6) is 0 Å². The Morgan fingerprint density at radius 3 is 2.45 bits per heavy atom.